The van der Waals surface area contributed by atoms with Gasteiger partial charge in [0.15, 0.2) is 0 Å². The number of hydrogen-bond donors (Lipinski definition) is 1. The van der Waals surface area contributed by atoms with E-state index in [0.717, 1.165) is 24.9 Å². The first-order chi connectivity index (χ1) is 9.55. The summed E-state index contributed by atoms with van der Waals surface area (Å²) in [6.07, 6.45) is -2.80. The van der Waals surface area contributed by atoms with E-state index in [9.17, 15) is 13.2 Å². The van der Waals surface area contributed by atoms with Gasteiger partial charge >= 0.3 is 6.36 Å². The molecule has 1 atom stereocenters. The van der Waals surface area contributed by atoms with Gasteiger partial charge in [-0.25, -0.2) is 0 Å². The molecule has 1 aromatic carbocycles. The number of aryl methyl sites for hydroxylation is 1. The summed E-state index contributed by atoms with van der Waals surface area (Å²) < 4.78 is 40.0. The van der Waals surface area contributed by atoms with Crippen molar-refractivity contribution in [3.8, 4) is 5.75 Å². The number of rotatable bonds is 6. The van der Waals surface area contributed by atoms with Gasteiger partial charge in [0.1, 0.15) is 5.75 Å². The molecule has 0 aliphatic carbocycles. The lowest BCUT2D eigenvalue weighted by Gasteiger charge is -2.23. The zero-order valence-electron chi connectivity index (χ0n) is 13.1. The van der Waals surface area contributed by atoms with Crippen molar-refractivity contribution in [2.24, 2.45) is 5.92 Å². The molecule has 21 heavy (non-hydrogen) atoms. The summed E-state index contributed by atoms with van der Waals surface area (Å²) in [5.41, 5.74) is 1.12. The first-order valence-electron chi connectivity index (χ1n) is 7.15. The third kappa shape index (κ3) is 8.60. The van der Waals surface area contributed by atoms with Gasteiger partial charge < -0.3 is 10.1 Å². The Bertz CT molecular complexity index is 421. The molecule has 0 saturated heterocycles. The average molecular weight is 303 g/mol. The Labute approximate surface area is 124 Å². The fourth-order valence-electron chi connectivity index (χ4n) is 1.85. The lowest BCUT2D eigenvalue weighted by Crippen LogP contribution is -2.38. The minimum absolute atomic E-state index is 0.102. The van der Waals surface area contributed by atoms with Crippen LogP contribution in [0.1, 0.15) is 39.7 Å². The third-order valence-corrected chi connectivity index (χ3v) is 3.06. The lowest BCUT2D eigenvalue weighted by atomic mass is 9.99. The first-order valence-corrected chi connectivity index (χ1v) is 7.15. The first kappa shape index (κ1) is 17.8. The summed E-state index contributed by atoms with van der Waals surface area (Å²) in [7, 11) is 0. The highest BCUT2D eigenvalue weighted by Crippen LogP contribution is 2.23. The van der Waals surface area contributed by atoms with E-state index in [4.69, 9.17) is 0 Å². The molecule has 0 spiro atoms. The second kappa shape index (κ2) is 7.16. The zero-order chi connectivity index (χ0) is 16.1. The maximum absolute atomic E-state index is 12.0. The van der Waals surface area contributed by atoms with Crippen LogP contribution in [0.2, 0.25) is 0 Å². The van der Waals surface area contributed by atoms with E-state index in [1.54, 1.807) is 12.1 Å². The smallest absolute Gasteiger partial charge is 0.406 e. The Morgan fingerprint density at radius 2 is 1.67 bits per heavy atom. The van der Waals surface area contributed by atoms with E-state index in [0.29, 0.717) is 5.92 Å². The fraction of sp³-hybridized carbons (Fsp3) is 0.625. The molecular formula is C16H24F3NO. The van der Waals surface area contributed by atoms with Gasteiger partial charge in [-0.05, 0) is 63.8 Å². The summed E-state index contributed by atoms with van der Waals surface area (Å²) in [4.78, 5) is 0. The van der Waals surface area contributed by atoms with Crippen molar-refractivity contribution in [3.63, 3.8) is 0 Å². The van der Waals surface area contributed by atoms with Gasteiger partial charge in [0.2, 0.25) is 0 Å². The molecule has 0 fully saturated rings. The Morgan fingerprint density at radius 1 is 1.10 bits per heavy atom. The van der Waals surface area contributed by atoms with Gasteiger partial charge in [-0.2, -0.15) is 0 Å². The summed E-state index contributed by atoms with van der Waals surface area (Å²) in [6, 6.07) is 6.09. The van der Waals surface area contributed by atoms with Crippen LogP contribution in [0.15, 0.2) is 24.3 Å². The quantitative estimate of drug-likeness (QED) is 0.833. The Balaban J connectivity index is 2.39. The molecule has 0 aliphatic rings. The highest BCUT2D eigenvalue weighted by molar-refractivity contribution is 5.27. The van der Waals surface area contributed by atoms with Gasteiger partial charge in [-0.1, -0.05) is 19.1 Å². The second-order valence-corrected chi connectivity index (χ2v) is 6.47. The van der Waals surface area contributed by atoms with Crippen molar-refractivity contribution in [2.75, 3.05) is 6.54 Å². The van der Waals surface area contributed by atoms with Crippen LogP contribution in [0.5, 0.6) is 5.75 Å². The van der Waals surface area contributed by atoms with E-state index in [2.05, 4.69) is 37.7 Å². The molecule has 1 aromatic rings. The third-order valence-electron chi connectivity index (χ3n) is 3.06. The Morgan fingerprint density at radius 3 is 2.14 bits per heavy atom. The van der Waals surface area contributed by atoms with Crippen LogP contribution in [0, 0.1) is 5.92 Å². The number of benzene rings is 1. The van der Waals surface area contributed by atoms with Crippen LogP contribution >= 0.6 is 0 Å². The topological polar surface area (TPSA) is 21.3 Å². The standard InChI is InChI=1S/C16H24F3NO/c1-12(11-20-15(2,3)4)5-6-13-7-9-14(10-8-13)21-16(17,18)19/h7-10,12,20H,5-6,11H2,1-4H3. The summed E-state index contributed by atoms with van der Waals surface area (Å²) >= 11 is 0. The van der Waals surface area contributed by atoms with Crippen LogP contribution in [0.25, 0.3) is 0 Å². The minimum Gasteiger partial charge on any atom is -0.406 e. The summed E-state index contributed by atoms with van der Waals surface area (Å²) in [5, 5.41) is 3.45. The number of hydrogen-bond acceptors (Lipinski definition) is 2. The summed E-state index contributed by atoms with van der Waals surface area (Å²) in [6.45, 7) is 9.47. The monoisotopic (exact) mass is 303 g/mol. The molecule has 5 heteroatoms. The highest BCUT2D eigenvalue weighted by atomic mass is 19.4. The van der Waals surface area contributed by atoms with Crippen molar-refractivity contribution < 1.29 is 17.9 Å². The van der Waals surface area contributed by atoms with Crippen LogP contribution in [0.3, 0.4) is 0 Å². The lowest BCUT2D eigenvalue weighted by molar-refractivity contribution is -0.274. The van der Waals surface area contributed by atoms with E-state index < -0.39 is 6.36 Å². The molecular weight excluding hydrogens is 279 g/mol. The van der Waals surface area contributed by atoms with E-state index in [1.165, 1.54) is 12.1 Å². The molecule has 0 heterocycles. The minimum atomic E-state index is -4.63. The van der Waals surface area contributed by atoms with Crippen LogP contribution in [0.4, 0.5) is 13.2 Å². The molecule has 0 aromatic heterocycles. The van der Waals surface area contributed by atoms with Crippen LogP contribution in [-0.4, -0.2) is 18.4 Å². The Kier molecular flexibility index (Phi) is 6.08. The summed E-state index contributed by atoms with van der Waals surface area (Å²) in [5.74, 6) is 0.337. The maximum Gasteiger partial charge on any atom is 0.573 e. The number of nitrogens with one attached hydrogen (secondary N) is 1. The van der Waals surface area contributed by atoms with E-state index in [-0.39, 0.29) is 11.3 Å². The molecule has 0 radical (unpaired) electrons. The molecule has 0 bridgehead atoms. The SMILES string of the molecule is CC(CCc1ccc(OC(F)(F)F)cc1)CNC(C)(C)C. The van der Waals surface area contributed by atoms with Gasteiger partial charge in [-0.15, -0.1) is 13.2 Å². The van der Waals surface area contributed by atoms with Crippen LogP contribution < -0.4 is 10.1 Å². The van der Waals surface area contributed by atoms with E-state index in [1.807, 2.05) is 0 Å². The van der Waals surface area contributed by atoms with Crippen molar-refractivity contribution in [3.05, 3.63) is 29.8 Å². The van der Waals surface area contributed by atoms with Crippen molar-refractivity contribution in [2.45, 2.75) is 52.4 Å². The van der Waals surface area contributed by atoms with Crippen molar-refractivity contribution in [1.29, 1.82) is 0 Å². The molecule has 1 rings (SSSR count). The van der Waals surface area contributed by atoms with Gasteiger partial charge in [0.25, 0.3) is 0 Å². The molecule has 1 unspecified atom stereocenters. The van der Waals surface area contributed by atoms with Crippen LogP contribution in [-0.2, 0) is 6.42 Å². The maximum atomic E-state index is 12.0. The zero-order valence-corrected chi connectivity index (χ0v) is 13.1. The molecule has 0 amide bonds. The number of alkyl halides is 3. The predicted molar refractivity (Wildman–Crippen MR) is 78.4 cm³/mol. The Hall–Kier alpha value is -1.23. The van der Waals surface area contributed by atoms with Gasteiger partial charge in [0, 0.05) is 5.54 Å². The number of halogens is 3. The fourth-order valence-corrected chi connectivity index (χ4v) is 1.85. The molecule has 120 valence electrons. The molecule has 0 saturated carbocycles. The van der Waals surface area contributed by atoms with Crippen molar-refractivity contribution >= 4 is 0 Å². The molecule has 1 N–H and O–H groups in total. The van der Waals surface area contributed by atoms with Crippen molar-refractivity contribution in [1.82, 2.24) is 5.32 Å². The largest absolute Gasteiger partial charge is 0.573 e. The van der Waals surface area contributed by atoms with Gasteiger partial charge in [-0.3, -0.25) is 0 Å². The number of ether oxygens (including phenoxy) is 1. The average Bonchev–Trinajstić information content (AvgIpc) is 2.33. The van der Waals surface area contributed by atoms with E-state index >= 15 is 0 Å². The van der Waals surface area contributed by atoms with Gasteiger partial charge in [0.05, 0.1) is 0 Å². The molecule has 0 aliphatic heterocycles. The second-order valence-electron chi connectivity index (χ2n) is 6.47. The highest BCUT2D eigenvalue weighted by Gasteiger charge is 2.30. The normalized spacial score (nSPS) is 14.0. The molecule has 2 nitrogen and oxygen atoms in total. The predicted octanol–water partition coefficient (Wildman–Crippen LogP) is 4.54.